The van der Waals surface area contributed by atoms with Crippen LogP contribution in [-0.2, 0) is 13.2 Å². The fourth-order valence-electron chi connectivity index (χ4n) is 2.63. The van der Waals surface area contributed by atoms with Crippen LogP contribution >= 0.6 is 58.0 Å². The standard InChI is InChI=1S/C21H16Cl5NO2/c1-28-20-7-12(10-27-19-6-5-13(22)8-18(19)26)17(25)9-21(20)29-11-14-15(23)3-2-4-16(14)24/h2-9,27H,10-11H2,1H3. The summed E-state index contributed by atoms with van der Waals surface area (Å²) in [6.45, 7) is 0.621. The van der Waals surface area contributed by atoms with Crippen LogP contribution < -0.4 is 14.8 Å². The predicted molar refractivity (Wildman–Crippen MR) is 123 cm³/mol. The average Bonchev–Trinajstić information content (AvgIpc) is 2.68. The van der Waals surface area contributed by atoms with Crippen LogP contribution in [0.4, 0.5) is 5.69 Å². The lowest BCUT2D eigenvalue weighted by Crippen LogP contribution is -2.03. The van der Waals surface area contributed by atoms with Crippen LogP contribution in [0.15, 0.2) is 48.5 Å². The minimum absolute atomic E-state index is 0.184. The van der Waals surface area contributed by atoms with Gasteiger partial charge >= 0.3 is 0 Å². The summed E-state index contributed by atoms with van der Waals surface area (Å²) >= 11 is 31.0. The van der Waals surface area contributed by atoms with E-state index in [2.05, 4.69) is 5.32 Å². The van der Waals surface area contributed by atoms with Crippen molar-refractivity contribution in [3.05, 3.63) is 84.8 Å². The molecular weight excluding hydrogens is 476 g/mol. The fraction of sp³-hybridized carbons (Fsp3) is 0.143. The first kappa shape index (κ1) is 22.2. The van der Waals surface area contributed by atoms with Gasteiger partial charge in [0.15, 0.2) is 11.5 Å². The molecule has 1 N–H and O–H groups in total. The van der Waals surface area contributed by atoms with Gasteiger partial charge in [0, 0.05) is 38.3 Å². The highest BCUT2D eigenvalue weighted by atomic mass is 35.5. The van der Waals surface area contributed by atoms with E-state index in [1.807, 2.05) is 6.07 Å². The van der Waals surface area contributed by atoms with Crippen LogP contribution in [0.1, 0.15) is 11.1 Å². The Morgan fingerprint density at radius 3 is 2.17 bits per heavy atom. The minimum Gasteiger partial charge on any atom is -0.493 e. The maximum atomic E-state index is 6.45. The molecule has 0 heterocycles. The molecule has 152 valence electrons. The summed E-state index contributed by atoms with van der Waals surface area (Å²) < 4.78 is 11.3. The molecule has 8 heteroatoms. The summed E-state index contributed by atoms with van der Waals surface area (Å²) in [6.07, 6.45) is 0. The number of rotatable bonds is 7. The van der Waals surface area contributed by atoms with Crippen molar-refractivity contribution in [2.24, 2.45) is 0 Å². The van der Waals surface area contributed by atoms with Gasteiger partial charge in [0.1, 0.15) is 6.61 Å². The van der Waals surface area contributed by atoms with E-state index in [-0.39, 0.29) is 6.61 Å². The molecule has 0 unspecified atom stereocenters. The van der Waals surface area contributed by atoms with Crippen molar-refractivity contribution in [1.29, 1.82) is 0 Å². The van der Waals surface area contributed by atoms with Crippen molar-refractivity contribution in [3.8, 4) is 11.5 Å². The SMILES string of the molecule is COc1cc(CNc2ccc(Cl)cc2Cl)c(Cl)cc1OCc1c(Cl)cccc1Cl. The molecule has 0 aliphatic carbocycles. The van der Waals surface area contributed by atoms with Crippen LogP contribution in [0.25, 0.3) is 0 Å². The van der Waals surface area contributed by atoms with Gasteiger partial charge < -0.3 is 14.8 Å². The summed E-state index contributed by atoms with van der Waals surface area (Å²) in [5.41, 5.74) is 2.26. The van der Waals surface area contributed by atoms with Gasteiger partial charge in [-0.1, -0.05) is 64.1 Å². The first-order chi connectivity index (χ1) is 13.9. The van der Waals surface area contributed by atoms with Crippen LogP contribution in [0.2, 0.25) is 25.1 Å². The van der Waals surface area contributed by atoms with E-state index >= 15 is 0 Å². The second kappa shape index (κ2) is 10.0. The second-order valence-electron chi connectivity index (χ2n) is 6.06. The van der Waals surface area contributed by atoms with Crippen molar-refractivity contribution in [1.82, 2.24) is 0 Å². The molecule has 0 aliphatic rings. The molecule has 0 saturated heterocycles. The van der Waals surface area contributed by atoms with Crippen LogP contribution in [0, 0.1) is 0 Å². The molecule has 0 fully saturated rings. The third kappa shape index (κ3) is 5.56. The van der Waals surface area contributed by atoms with Crippen molar-refractivity contribution in [3.63, 3.8) is 0 Å². The Bertz CT molecular complexity index is 1010. The van der Waals surface area contributed by atoms with Crippen LogP contribution in [0.3, 0.4) is 0 Å². The lowest BCUT2D eigenvalue weighted by Gasteiger charge is -2.16. The molecule has 0 saturated carbocycles. The van der Waals surface area contributed by atoms with Gasteiger partial charge in [0.05, 0.1) is 17.8 Å². The molecule has 3 rings (SSSR count). The molecule has 0 atom stereocenters. The van der Waals surface area contributed by atoms with Crippen LogP contribution in [0.5, 0.6) is 11.5 Å². The summed E-state index contributed by atoms with van der Waals surface area (Å²) in [4.78, 5) is 0. The fourth-order valence-corrected chi connectivity index (χ4v) is 3.83. The van der Waals surface area contributed by atoms with Crippen LogP contribution in [-0.4, -0.2) is 7.11 Å². The van der Waals surface area contributed by atoms with Gasteiger partial charge in [-0.2, -0.15) is 0 Å². The molecule has 29 heavy (non-hydrogen) atoms. The Morgan fingerprint density at radius 1 is 0.793 bits per heavy atom. The number of methoxy groups -OCH3 is 1. The number of hydrogen-bond donors (Lipinski definition) is 1. The number of benzene rings is 3. The zero-order chi connectivity index (χ0) is 21.0. The maximum Gasteiger partial charge on any atom is 0.163 e. The van der Waals surface area contributed by atoms with E-state index in [0.717, 1.165) is 11.3 Å². The monoisotopic (exact) mass is 489 g/mol. The highest BCUT2D eigenvalue weighted by Gasteiger charge is 2.13. The number of halogens is 5. The summed E-state index contributed by atoms with van der Waals surface area (Å²) in [7, 11) is 1.56. The van der Waals surface area contributed by atoms with Crippen molar-refractivity contribution in [2.45, 2.75) is 13.2 Å². The third-order valence-electron chi connectivity index (χ3n) is 4.17. The summed E-state index contributed by atoms with van der Waals surface area (Å²) in [5, 5.41) is 5.91. The smallest absolute Gasteiger partial charge is 0.163 e. The normalized spacial score (nSPS) is 10.7. The number of ether oxygens (including phenoxy) is 2. The highest BCUT2D eigenvalue weighted by Crippen LogP contribution is 2.36. The Balaban J connectivity index is 1.76. The van der Waals surface area contributed by atoms with Gasteiger partial charge in [-0.25, -0.2) is 0 Å². The Morgan fingerprint density at radius 2 is 1.52 bits per heavy atom. The van der Waals surface area contributed by atoms with Gasteiger partial charge in [-0.15, -0.1) is 0 Å². The molecule has 0 aromatic heterocycles. The minimum atomic E-state index is 0.184. The number of anilines is 1. The van der Waals surface area contributed by atoms with E-state index in [1.165, 1.54) is 0 Å². The molecule has 0 spiro atoms. The lowest BCUT2D eigenvalue weighted by molar-refractivity contribution is 0.284. The molecule has 3 aromatic carbocycles. The lowest BCUT2D eigenvalue weighted by atomic mass is 10.2. The molecule has 0 aliphatic heterocycles. The van der Waals surface area contributed by atoms with Gasteiger partial charge in [0.2, 0.25) is 0 Å². The van der Waals surface area contributed by atoms with Crippen molar-refractivity contribution < 1.29 is 9.47 Å². The Hall–Kier alpha value is -1.49. The second-order valence-corrected chi connectivity index (χ2v) is 8.13. The Labute approximate surface area is 194 Å². The van der Waals surface area contributed by atoms with E-state index in [4.69, 9.17) is 67.5 Å². The van der Waals surface area contributed by atoms with E-state index in [9.17, 15) is 0 Å². The maximum absolute atomic E-state index is 6.45. The van der Waals surface area contributed by atoms with E-state index in [1.54, 1.807) is 49.6 Å². The van der Waals surface area contributed by atoms with Crippen molar-refractivity contribution >= 4 is 63.7 Å². The molecule has 0 amide bonds. The highest BCUT2D eigenvalue weighted by molar-refractivity contribution is 6.36. The molecule has 0 bridgehead atoms. The molecule has 0 radical (unpaired) electrons. The van der Waals surface area contributed by atoms with Gasteiger partial charge in [-0.05, 0) is 42.0 Å². The number of nitrogens with one attached hydrogen (secondary N) is 1. The first-order valence-electron chi connectivity index (χ1n) is 8.50. The molecule has 3 nitrogen and oxygen atoms in total. The number of hydrogen-bond acceptors (Lipinski definition) is 3. The van der Waals surface area contributed by atoms with Gasteiger partial charge in [0.25, 0.3) is 0 Å². The molecule has 3 aromatic rings. The third-order valence-corrected chi connectivity index (χ3v) is 5.77. The van der Waals surface area contributed by atoms with E-state index < -0.39 is 0 Å². The van der Waals surface area contributed by atoms with Crippen molar-refractivity contribution in [2.75, 3.05) is 12.4 Å². The van der Waals surface area contributed by atoms with E-state index in [0.29, 0.717) is 48.7 Å². The zero-order valence-electron chi connectivity index (χ0n) is 15.2. The Kier molecular flexibility index (Phi) is 7.66. The quantitative estimate of drug-likeness (QED) is 0.362. The largest absolute Gasteiger partial charge is 0.493 e. The first-order valence-corrected chi connectivity index (χ1v) is 10.4. The molecular formula is C21H16Cl5NO2. The van der Waals surface area contributed by atoms with Gasteiger partial charge in [-0.3, -0.25) is 0 Å². The summed E-state index contributed by atoms with van der Waals surface area (Å²) in [5.74, 6) is 1.03. The topological polar surface area (TPSA) is 30.5 Å². The summed E-state index contributed by atoms with van der Waals surface area (Å²) in [6, 6.07) is 14.0. The average molecular weight is 492 g/mol. The predicted octanol–water partition coefficient (Wildman–Crippen LogP) is 8.15. The zero-order valence-corrected chi connectivity index (χ0v) is 19.0.